The van der Waals surface area contributed by atoms with Gasteiger partial charge in [-0.05, 0) is 37.3 Å². The van der Waals surface area contributed by atoms with Crippen molar-refractivity contribution in [3.8, 4) is 0 Å². The van der Waals surface area contributed by atoms with Crippen molar-refractivity contribution in [3.05, 3.63) is 29.8 Å². The molecule has 2 nitrogen and oxygen atoms in total. The highest BCUT2D eigenvalue weighted by Gasteiger charge is 2.37. The molecule has 0 saturated heterocycles. The molecule has 0 amide bonds. The number of aliphatic hydroxyl groups is 1. The smallest absolute Gasteiger partial charge is 0.0821 e. The highest BCUT2D eigenvalue weighted by Crippen LogP contribution is 2.36. The van der Waals surface area contributed by atoms with Crippen LogP contribution in [0, 0.1) is 0 Å². The first-order chi connectivity index (χ1) is 7.27. The summed E-state index contributed by atoms with van der Waals surface area (Å²) in [5.41, 5.74) is 2.37. The molecule has 0 spiro atoms. The monoisotopic (exact) mass is 203 g/mol. The van der Waals surface area contributed by atoms with E-state index in [1.165, 1.54) is 17.7 Å². The van der Waals surface area contributed by atoms with Gasteiger partial charge in [-0.2, -0.15) is 0 Å². The molecule has 1 fully saturated rings. The highest BCUT2D eigenvalue weighted by molar-refractivity contribution is 5.58. The van der Waals surface area contributed by atoms with Crippen LogP contribution in [-0.4, -0.2) is 23.8 Å². The van der Waals surface area contributed by atoms with Crippen molar-refractivity contribution in [1.82, 2.24) is 0 Å². The van der Waals surface area contributed by atoms with E-state index in [0.29, 0.717) is 0 Å². The standard InChI is InChI=1S/C13H17NO/c15-13(7-3-8-13)10-14-9-6-11-4-1-2-5-12(11)14/h1-2,4-5,15H,3,6-10H2. The first kappa shape index (κ1) is 9.22. The number of anilines is 1. The van der Waals surface area contributed by atoms with Crippen LogP contribution in [0.3, 0.4) is 0 Å². The fourth-order valence-corrected chi connectivity index (χ4v) is 2.67. The second-order valence-corrected chi connectivity index (χ2v) is 4.88. The minimum Gasteiger partial charge on any atom is -0.388 e. The van der Waals surface area contributed by atoms with Crippen LogP contribution in [0.5, 0.6) is 0 Å². The second kappa shape index (κ2) is 3.24. The highest BCUT2D eigenvalue weighted by atomic mass is 16.3. The maximum absolute atomic E-state index is 10.2. The molecule has 2 aliphatic rings. The minimum atomic E-state index is -0.391. The number of para-hydroxylation sites is 1. The van der Waals surface area contributed by atoms with Gasteiger partial charge in [0.15, 0.2) is 0 Å². The van der Waals surface area contributed by atoms with Crippen LogP contribution in [0.4, 0.5) is 5.69 Å². The normalized spacial score (nSPS) is 22.3. The van der Waals surface area contributed by atoms with E-state index < -0.39 is 5.60 Å². The molecule has 0 aromatic heterocycles. The number of fused-ring (bicyclic) bond motifs is 1. The molecule has 0 atom stereocenters. The Balaban J connectivity index is 1.79. The van der Waals surface area contributed by atoms with Gasteiger partial charge in [-0.1, -0.05) is 18.2 Å². The van der Waals surface area contributed by atoms with E-state index in [4.69, 9.17) is 0 Å². The summed E-state index contributed by atoms with van der Waals surface area (Å²) >= 11 is 0. The summed E-state index contributed by atoms with van der Waals surface area (Å²) < 4.78 is 0. The molecule has 1 aliphatic carbocycles. The minimum absolute atomic E-state index is 0.391. The fourth-order valence-electron chi connectivity index (χ4n) is 2.67. The summed E-state index contributed by atoms with van der Waals surface area (Å²) in [5, 5.41) is 10.2. The fraction of sp³-hybridized carbons (Fsp3) is 0.538. The predicted molar refractivity (Wildman–Crippen MR) is 61.2 cm³/mol. The lowest BCUT2D eigenvalue weighted by Gasteiger charge is -2.40. The molecule has 15 heavy (non-hydrogen) atoms. The maximum atomic E-state index is 10.2. The van der Waals surface area contributed by atoms with E-state index >= 15 is 0 Å². The zero-order valence-electron chi connectivity index (χ0n) is 8.95. The van der Waals surface area contributed by atoms with E-state index in [1.54, 1.807) is 0 Å². The van der Waals surface area contributed by atoms with Crippen molar-refractivity contribution < 1.29 is 5.11 Å². The van der Waals surface area contributed by atoms with Gasteiger partial charge in [-0.15, -0.1) is 0 Å². The average molecular weight is 203 g/mol. The molecule has 1 aliphatic heterocycles. The van der Waals surface area contributed by atoms with Gasteiger partial charge in [-0.25, -0.2) is 0 Å². The Morgan fingerprint density at radius 3 is 2.80 bits per heavy atom. The van der Waals surface area contributed by atoms with Crippen LogP contribution in [0.1, 0.15) is 24.8 Å². The summed E-state index contributed by atoms with van der Waals surface area (Å²) in [5.74, 6) is 0. The molecule has 1 aromatic rings. The first-order valence-corrected chi connectivity index (χ1v) is 5.82. The molecule has 1 aromatic carbocycles. The number of β-amino-alcohol motifs (C(OH)–C–C–N with tert-alkyl or cyclic N) is 1. The lowest BCUT2D eigenvalue weighted by atomic mass is 9.80. The van der Waals surface area contributed by atoms with E-state index in [2.05, 4.69) is 29.2 Å². The molecule has 1 heterocycles. The number of nitrogens with zero attached hydrogens (tertiary/aromatic N) is 1. The van der Waals surface area contributed by atoms with Gasteiger partial charge in [0.1, 0.15) is 0 Å². The number of rotatable bonds is 2. The first-order valence-electron chi connectivity index (χ1n) is 5.82. The third-order valence-corrected chi connectivity index (χ3v) is 3.75. The van der Waals surface area contributed by atoms with Crippen molar-refractivity contribution in [2.24, 2.45) is 0 Å². The third-order valence-electron chi connectivity index (χ3n) is 3.75. The summed E-state index contributed by atoms with van der Waals surface area (Å²) in [6, 6.07) is 8.55. The molecule has 1 saturated carbocycles. The van der Waals surface area contributed by atoms with E-state index in [9.17, 15) is 5.11 Å². The zero-order chi connectivity index (χ0) is 10.3. The Hall–Kier alpha value is -1.02. The van der Waals surface area contributed by atoms with Crippen molar-refractivity contribution in [3.63, 3.8) is 0 Å². The van der Waals surface area contributed by atoms with E-state index in [-0.39, 0.29) is 0 Å². The molecule has 0 radical (unpaired) electrons. The summed E-state index contributed by atoms with van der Waals surface area (Å²) in [7, 11) is 0. The molecular weight excluding hydrogens is 186 g/mol. The molecular formula is C13H17NO. The van der Waals surface area contributed by atoms with Crippen LogP contribution in [0.15, 0.2) is 24.3 Å². The third kappa shape index (κ3) is 1.53. The van der Waals surface area contributed by atoms with Crippen molar-refractivity contribution in [2.45, 2.75) is 31.3 Å². The lowest BCUT2D eigenvalue weighted by molar-refractivity contribution is -0.0252. The summed E-state index contributed by atoms with van der Waals surface area (Å²) in [6.45, 7) is 1.89. The topological polar surface area (TPSA) is 23.5 Å². The van der Waals surface area contributed by atoms with Crippen molar-refractivity contribution in [1.29, 1.82) is 0 Å². The summed E-state index contributed by atoms with van der Waals surface area (Å²) in [4.78, 5) is 2.34. The van der Waals surface area contributed by atoms with Gasteiger partial charge in [0.25, 0.3) is 0 Å². The molecule has 3 rings (SSSR count). The average Bonchev–Trinajstić information content (AvgIpc) is 2.60. The molecule has 0 unspecified atom stereocenters. The van der Waals surface area contributed by atoms with Crippen LogP contribution >= 0.6 is 0 Å². The largest absolute Gasteiger partial charge is 0.388 e. The molecule has 1 N–H and O–H groups in total. The SMILES string of the molecule is OC1(CN2CCc3ccccc32)CCC1. The molecule has 80 valence electrons. The Morgan fingerprint density at radius 1 is 1.27 bits per heavy atom. The Morgan fingerprint density at radius 2 is 2.07 bits per heavy atom. The van der Waals surface area contributed by atoms with Crippen molar-refractivity contribution in [2.75, 3.05) is 18.0 Å². The van der Waals surface area contributed by atoms with Crippen LogP contribution in [0.25, 0.3) is 0 Å². The Bertz CT molecular complexity index is 371. The molecule has 2 heteroatoms. The van der Waals surface area contributed by atoms with Gasteiger partial charge < -0.3 is 10.0 Å². The molecule has 0 bridgehead atoms. The lowest BCUT2D eigenvalue weighted by Crippen LogP contribution is -2.47. The second-order valence-electron chi connectivity index (χ2n) is 4.88. The van der Waals surface area contributed by atoms with Gasteiger partial charge >= 0.3 is 0 Å². The number of hydrogen-bond acceptors (Lipinski definition) is 2. The van der Waals surface area contributed by atoms with Gasteiger partial charge in [-0.3, -0.25) is 0 Å². The van der Waals surface area contributed by atoms with E-state index in [1.807, 2.05) is 0 Å². The van der Waals surface area contributed by atoms with Gasteiger partial charge in [0, 0.05) is 18.8 Å². The summed E-state index contributed by atoms with van der Waals surface area (Å²) in [6.07, 6.45) is 4.27. The van der Waals surface area contributed by atoms with Crippen LogP contribution < -0.4 is 4.90 Å². The predicted octanol–water partition coefficient (Wildman–Crippen LogP) is 1.96. The number of hydrogen-bond donors (Lipinski definition) is 1. The zero-order valence-corrected chi connectivity index (χ0v) is 8.95. The quantitative estimate of drug-likeness (QED) is 0.794. The van der Waals surface area contributed by atoms with E-state index in [0.717, 1.165) is 32.4 Å². The Labute approximate surface area is 90.5 Å². The van der Waals surface area contributed by atoms with Gasteiger partial charge in [0.2, 0.25) is 0 Å². The van der Waals surface area contributed by atoms with Crippen LogP contribution in [-0.2, 0) is 6.42 Å². The van der Waals surface area contributed by atoms with Crippen molar-refractivity contribution >= 4 is 5.69 Å². The number of benzene rings is 1. The Kier molecular flexibility index (Phi) is 1.99. The van der Waals surface area contributed by atoms with Gasteiger partial charge in [0.05, 0.1) is 5.60 Å². The van der Waals surface area contributed by atoms with Crippen LogP contribution in [0.2, 0.25) is 0 Å². The maximum Gasteiger partial charge on any atom is 0.0821 e.